The van der Waals surface area contributed by atoms with Crippen LogP contribution in [-0.4, -0.2) is 43.8 Å². The molecule has 1 saturated carbocycles. The van der Waals surface area contributed by atoms with Gasteiger partial charge in [0, 0.05) is 26.2 Å². The fraction of sp³-hybridized carbons (Fsp3) is 0.727. The Bertz CT molecular complexity index is 215. The summed E-state index contributed by atoms with van der Waals surface area (Å²) >= 11 is 0. The van der Waals surface area contributed by atoms with E-state index in [4.69, 9.17) is 4.74 Å². The summed E-state index contributed by atoms with van der Waals surface area (Å²) < 4.78 is 4.96. The van der Waals surface area contributed by atoms with Crippen LogP contribution in [0, 0.1) is 0 Å². The number of nitrogens with one attached hydrogen (secondary N) is 1. The number of hydrogen-bond donors (Lipinski definition) is 1. The van der Waals surface area contributed by atoms with Crippen LogP contribution < -0.4 is 5.32 Å². The molecule has 1 N–H and O–H groups in total. The van der Waals surface area contributed by atoms with E-state index in [0.717, 1.165) is 12.8 Å². The van der Waals surface area contributed by atoms with Crippen molar-refractivity contribution in [2.24, 2.45) is 0 Å². The number of carbonyl (C=O) groups excluding carboxylic acids is 1. The van der Waals surface area contributed by atoms with Crippen molar-refractivity contribution in [1.82, 2.24) is 10.2 Å². The standard InChI is InChI=1S/C11H20N2O2/c1-3-7-13(8-9-15-2)11(14)12-10-5-4-6-10/h3,10H,1,4-9H2,2H3,(H,12,14). The van der Waals surface area contributed by atoms with Crippen LogP contribution in [0.3, 0.4) is 0 Å². The SMILES string of the molecule is C=CCN(CCOC)C(=O)NC1CCC1. The molecule has 0 spiro atoms. The van der Waals surface area contributed by atoms with Crippen LogP contribution in [0.4, 0.5) is 4.79 Å². The highest BCUT2D eigenvalue weighted by molar-refractivity contribution is 5.74. The predicted molar refractivity (Wildman–Crippen MR) is 59.8 cm³/mol. The quantitative estimate of drug-likeness (QED) is 0.676. The molecule has 4 nitrogen and oxygen atoms in total. The maximum atomic E-state index is 11.8. The average Bonchev–Trinajstić information content (AvgIpc) is 2.18. The summed E-state index contributed by atoms with van der Waals surface area (Å²) in [5.74, 6) is 0. The van der Waals surface area contributed by atoms with Gasteiger partial charge in [0.2, 0.25) is 0 Å². The summed E-state index contributed by atoms with van der Waals surface area (Å²) in [6, 6.07) is 0.379. The van der Waals surface area contributed by atoms with Crippen LogP contribution in [0.5, 0.6) is 0 Å². The van der Waals surface area contributed by atoms with Gasteiger partial charge in [-0.25, -0.2) is 4.79 Å². The molecule has 0 aromatic heterocycles. The smallest absolute Gasteiger partial charge is 0.317 e. The number of methoxy groups -OCH3 is 1. The third kappa shape index (κ3) is 3.91. The maximum absolute atomic E-state index is 11.8. The van der Waals surface area contributed by atoms with Gasteiger partial charge in [0.25, 0.3) is 0 Å². The first-order valence-electron chi connectivity index (χ1n) is 5.43. The maximum Gasteiger partial charge on any atom is 0.317 e. The van der Waals surface area contributed by atoms with Crippen LogP contribution in [0.15, 0.2) is 12.7 Å². The summed E-state index contributed by atoms with van der Waals surface area (Å²) in [7, 11) is 1.63. The summed E-state index contributed by atoms with van der Waals surface area (Å²) in [6.45, 7) is 5.39. The Balaban J connectivity index is 2.31. The highest BCUT2D eigenvalue weighted by Crippen LogP contribution is 2.18. The third-order valence-corrected chi connectivity index (χ3v) is 2.63. The Kier molecular flexibility index (Phi) is 5.18. The molecule has 0 unspecified atom stereocenters. The third-order valence-electron chi connectivity index (χ3n) is 2.63. The summed E-state index contributed by atoms with van der Waals surface area (Å²) in [4.78, 5) is 13.5. The van der Waals surface area contributed by atoms with Gasteiger partial charge in [-0.3, -0.25) is 0 Å². The summed E-state index contributed by atoms with van der Waals surface area (Å²) in [5.41, 5.74) is 0. The van der Waals surface area contributed by atoms with Crippen molar-refractivity contribution in [2.45, 2.75) is 25.3 Å². The second-order valence-corrected chi connectivity index (χ2v) is 3.80. The molecule has 0 radical (unpaired) electrons. The van der Waals surface area contributed by atoms with Crippen LogP contribution in [0.1, 0.15) is 19.3 Å². The molecule has 0 heterocycles. The molecule has 1 rings (SSSR count). The molecule has 0 aliphatic heterocycles. The number of carbonyl (C=O) groups is 1. The zero-order valence-corrected chi connectivity index (χ0v) is 9.37. The average molecular weight is 212 g/mol. The van der Waals surface area contributed by atoms with E-state index in [1.807, 2.05) is 0 Å². The van der Waals surface area contributed by atoms with Crippen LogP contribution >= 0.6 is 0 Å². The van der Waals surface area contributed by atoms with E-state index in [1.165, 1.54) is 6.42 Å². The molecule has 15 heavy (non-hydrogen) atoms. The number of nitrogens with zero attached hydrogens (tertiary/aromatic N) is 1. The molecular weight excluding hydrogens is 192 g/mol. The molecule has 1 fully saturated rings. The normalized spacial score (nSPS) is 15.5. The lowest BCUT2D eigenvalue weighted by molar-refractivity contribution is 0.149. The van der Waals surface area contributed by atoms with Crippen molar-refractivity contribution < 1.29 is 9.53 Å². The van der Waals surface area contributed by atoms with Crippen molar-refractivity contribution in [3.8, 4) is 0 Å². The van der Waals surface area contributed by atoms with Crippen molar-refractivity contribution in [2.75, 3.05) is 26.8 Å². The zero-order valence-electron chi connectivity index (χ0n) is 9.37. The van der Waals surface area contributed by atoms with Gasteiger partial charge in [-0.15, -0.1) is 6.58 Å². The second kappa shape index (κ2) is 6.45. The highest BCUT2D eigenvalue weighted by atomic mass is 16.5. The molecule has 0 bridgehead atoms. The lowest BCUT2D eigenvalue weighted by Gasteiger charge is -2.30. The number of amides is 2. The first-order chi connectivity index (χ1) is 7.27. The topological polar surface area (TPSA) is 41.6 Å². The summed E-state index contributed by atoms with van der Waals surface area (Å²) in [5, 5.41) is 2.99. The number of rotatable bonds is 6. The van der Waals surface area contributed by atoms with Gasteiger partial charge in [0.1, 0.15) is 0 Å². The zero-order chi connectivity index (χ0) is 11.1. The van der Waals surface area contributed by atoms with E-state index in [-0.39, 0.29) is 6.03 Å². The molecule has 4 heteroatoms. The van der Waals surface area contributed by atoms with Gasteiger partial charge in [0.15, 0.2) is 0 Å². The molecule has 0 saturated heterocycles. The first-order valence-corrected chi connectivity index (χ1v) is 5.43. The Morgan fingerprint density at radius 2 is 2.40 bits per heavy atom. The van der Waals surface area contributed by atoms with Crippen molar-refractivity contribution in [3.63, 3.8) is 0 Å². The molecule has 86 valence electrons. The van der Waals surface area contributed by atoms with E-state index in [1.54, 1.807) is 18.1 Å². The van der Waals surface area contributed by atoms with Crippen LogP contribution in [0.2, 0.25) is 0 Å². The van der Waals surface area contributed by atoms with Gasteiger partial charge in [-0.05, 0) is 19.3 Å². The monoisotopic (exact) mass is 212 g/mol. The fourth-order valence-corrected chi connectivity index (χ4v) is 1.45. The van der Waals surface area contributed by atoms with Crippen molar-refractivity contribution in [1.29, 1.82) is 0 Å². The second-order valence-electron chi connectivity index (χ2n) is 3.80. The first kappa shape index (κ1) is 12.0. The Morgan fingerprint density at radius 3 is 2.87 bits per heavy atom. The van der Waals surface area contributed by atoms with Gasteiger partial charge < -0.3 is 15.0 Å². The Hall–Kier alpha value is -1.03. The Morgan fingerprint density at radius 1 is 1.67 bits per heavy atom. The largest absolute Gasteiger partial charge is 0.383 e. The molecule has 0 aromatic rings. The fourth-order valence-electron chi connectivity index (χ4n) is 1.45. The van der Waals surface area contributed by atoms with E-state index < -0.39 is 0 Å². The van der Waals surface area contributed by atoms with Crippen LogP contribution in [0.25, 0.3) is 0 Å². The lowest BCUT2D eigenvalue weighted by Crippen LogP contribution is -2.48. The molecule has 1 aliphatic rings. The molecule has 1 aliphatic carbocycles. The minimum atomic E-state index is -0.00310. The highest BCUT2D eigenvalue weighted by Gasteiger charge is 2.21. The van der Waals surface area contributed by atoms with Crippen LogP contribution in [-0.2, 0) is 4.74 Å². The van der Waals surface area contributed by atoms with Crippen molar-refractivity contribution >= 4 is 6.03 Å². The van der Waals surface area contributed by atoms with E-state index in [0.29, 0.717) is 25.7 Å². The van der Waals surface area contributed by atoms with E-state index in [9.17, 15) is 4.79 Å². The van der Waals surface area contributed by atoms with Crippen molar-refractivity contribution in [3.05, 3.63) is 12.7 Å². The number of hydrogen-bond acceptors (Lipinski definition) is 2. The van der Waals surface area contributed by atoms with Gasteiger partial charge in [0.05, 0.1) is 6.61 Å². The number of urea groups is 1. The molecule has 0 atom stereocenters. The van der Waals surface area contributed by atoms with E-state index in [2.05, 4.69) is 11.9 Å². The molecule has 0 aromatic carbocycles. The number of ether oxygens (including phenoxy) is 1. The lowest BCUT2D eigenvalue weighted by atomic mass is 9.93. The van der Waals surface area contributed by atoms with Gasteiger partial charge >= 0.3 is 6.03 Å². The summed E-state index contributed by atoms with van der Waals surface area (Å²) in [6.07, 6.45) is 5.18. The van der Waals surface area contributed by atoms with Gasteiger partial charge in [-0.1, -0.05) is 6.08 Å². The molecular formula is C11H20N2O2. The predicted octanol–water partition coefficient (Wildman–Crippen LogP) is 1.38. The molecule has 2 amide bonds. The Labute approximate surface area is 91.3 Å². The minimum absolute atomic E-state index is 0.00310. The van der Waals surface area contributed by atoms with E-state index >= 15 is 0 Å². The minimum Gasteiger partial charge on any atom is -0.383 e. The van der Waals surface area contributed by atoms with Gasteiger partial charge in [-0.2, -0.15) is 0 Å².